The lowest BCUT2D eigenvalue weighted by molar-refractivity contribution is -0.165. The summed E-state index contributed by atoms with van der Waals surface area (Å²) in [5.41, 5.74) is 5.17. The SMILES string of the molecule is CC(C)CN.O=C(O)[C@H](O)[C@@H](O)C(=O)O. The highest BCUT2D eigenvalue weighted by Crippen LogP contribution is 1.92. The molecule has 0 bridgehead atoms. The summed E-state index contributed by atoms with van der Waals surface area (Å²) in [7, 11) is 0. The molecule has 0 spiro atoms. The molecule has 0 amide bonds. The third kappa shape index (κ3) is 9.13. The average molecular weight is 223 g/mol. The van der Waals surface area contributed by atoms with Crippen LogP contribution < -0.4 is 5.73 Å². The molecule has 0 aromatic heterocycles. The van der Waals surface area contributed by atoms with Crippen molar-refractivity contribution in [1.82, 2.24) is 0 Å². The minimum absolute atomic E-state index is 0.662. The van der Waals surface area contributed by atoms with Crippen LogP contribution in [0.2, 0.25) is 0 Å². The molecular weight excluding hydrogens is 206 g/mol. The number of carboxylic acids is 2. The maximum Gasteiger partial charge on any atom is 0.335 e. The highest BCUT2D eigenvalue weighted by molar-refractivity contribution is 5.83. The first kappa shape index (κ1) is 16.3. The Balaban J connectivity index is 0. The van der Waals surface area contributed by atoms with Crippen molar-refractivity contribution in [3.63, 3.8) is 0 Å². The molecule has 6 N–H and O–H groups in total. The second-order valence-corrected chi connectivity index (χ2v) is 3.20. The van der Waals surface area contributed by atoms with Crippen LogP contribution in [-0.4, -0.2) is 51.1 Å². The lowest BCUT2D eigenvalue weighted by atomic mass is 10.2. The van der Waals surface area contributed by atoms with Gasteiger partial charge in [0, 0.05) is 0 Å². The van der Waals surface area contributed by atoms with Crippen molar-refractivity contribution < 1.29 is 30.0 Å². The van der Waals surface area contributed by atoms with Crippen LogP contribution >= 0.6 is 0 Å². The predicted octanol–water partition coefficient (Wildman–Crippen LogP) is -1.52. The third-order valence-corrected chi connectivity index (χ3v) is 1.28. The lowest BCUT2D eigenvalue weighted by Crippen LogP contribution is -2.39. The second-order valence-electron chi connectivity index (χ2n) is 3.20. The van der Waals surface area contributed by atoms with Crippen LogP contribution in [0.15, 0.2) is 0 Å². The standard InChI is InChI=1S/C4H11N.C4H6O6/c1-4(2)3-5;5-1(3(7)8)2(6)4(9)10/h4H,3,5H2,1-2H3;1-2,5-6H,(H,7,8)(H,9,10)/t;1-,2-/m.1/s1. The molecule has 15 heavy (non-hydrogen) atoms. The van der Waals surface area contributed by atoms with Gasteiger partial charge in [0.1, 0.15) is 0 Å². The van der Waals surface area contributed by atoms with Crippen molar-refractivity contribution >= 4 is 11.9 Å². The minimum atomic E-state index is -2.27. The Morgan fingerprint density at radius 3 is 1.33 bits per heavy atom. The highest BCUT2D eigenvalue weighted by atomic mass is 16.4. The van der Waals surface area contributed by atoms with Gasteiger partial charge in [0.15, 0.2) is 12.2 Å². The first-order valence-electron chi connectivity index (χ1n) is 4.25. The largest absolute Gasteiger partial charge is 0.479 e. The Bertz CT molecular complexity index is 187. The number of aliphatic hydroxyl groups excluding tert-OH is 2. The molecular formula is C8H17NO6. The van der Waals surface area contributed by atoms with Gasteiger partial charge >= 0.3 is 11.9 Å². The Kier molecular flexibility index (Phi) is 8.84. The number of carboxylic acid groups (broad SMARTS) is 2. The molecule has 0 aliphatic carbocycles. The van der Waals surface area contributed by atoms with Gasteiger partial charge in [-0.1, -0.05) is 13.8 Å². The van der Waals surface area contributed by atoms with E-state index >= 15 is 0 Å². The molecule has 2 atom stereocenters. The van der Waals surface area contributed by atoms with Gasteiger partial charge in [-0.3, -0.25) is 0 Å². The van der Waals surface area contributed by atoms with Crippen molar-refractivity contribution in [1.29, 1.82) is 0 Å². The van der Waals surface area contributed by atoms with Crippen LogP contribution in [0, 0.1) is 5.92 Å². The van der Waals surface area contributed by atoms with E-state index in [2.05, 4.69) is 13.8 Å². The molecule has 0 fully saturated rings. The van der Waals surface area contributed by atoms with Gasteiger partial charge in [0.2, 0.25) is 0 Å². The van der Waals surface area contributed by atoms with E-state index in [1.54, 1.807) is 0 Å². The van der Waals surface area contributed by atoms with E-state index in [0.717, 1.165) is 6.54 Å². The van der Waals surface area contributed by atoms with E-state index in [-0.39, 0.29) is 0 Å². The number of aliphatic carboxylic acids is 2. The fourth-order valence-corrected chi connectivity index (χ4v) is 0.270. The second kappa shape index (κ2) is 8.16. The summed E-state index contributed by atoms with van der Waals surface area (Å²) in [6, 6.07) is 0. The molecule has 0 radical (unpaired) electrons. The summed E-state index contributed by atoms with van der Waals surface area (Å²) in [5.74, 6) is -2.88. The monoisotopic (exact) mass is 223 g/mol. The average Bonchev–Trinajstić information content (AvgIpc) is 2.16. The van der Waals surface area contributed by atoms with Crippen LogP contribution in [0.4, 0.5) is 0 Å². The van der Waals surface area contributed by atoms with Crippen LogP contribution in [-0.2, 0) is 9.59 Å². The van der Waals surface area contributed by atoms with Gasteiger partial charge in [-0.05, 0) is 12.5 Å². The van der Waals surface area contributed by atoms with Crippen molar-refractivity contribution in [2.45, 2.75) is 26.1 Å². The van der Waals surface area contributed by atoms with Crippen molar-refractivity contribution in [3.8, 4) is 0 Å². The number of rotatable bonds is 4. The van der Waals surface area contributed by atoms with E-state index in [1.165, 1.54) is 0 Å². The lowest BCUT2D eigenvalue weighted by Gasteiger charge is -2.07. The summed E-state index contributed by atoms with van der Waals surface area (Å²) in [6.45, 7) is 5.00. The van der Waals surface area contributed by atoms with Crippen molar-refractivity contribution in [3.05, 3.63) is 0 Å². The van der Waals surface area contributed by atoms with E-state index in [4.69, 9.17) is 26.2 Å². The third-order valence-electron chi connectivity index (χ3n) is 1.28. The van der Waals surface area contributed by atoms with Gasteiger partial charge in [0.25, 0.3) is 0 Å². The van der Waals surface area contributed by atoms with E-state index in [9.17, 15) is 9.59 Å². The van der Waals surface area contributed by atoms with Crippen molar-refractivity contribution in [2.24, 2.45) is 11.7 Å². The molecule has 0 aliphatic heterocycles. The topological polar surface area (TPSA) is 141 Å². The molecule has 90 valence electrons. The Hall–Kier alpha value is -1.18. The normalized spacial score (nSPS) is 13.7. The maximum absolute atomic E-state index is 9.77. The van der Waals surface area contributed by atoms with Gasteiger partial charge in [-0.15, -0.1) is 0 Å². The number of hydrogen-bond acceptors (Lipinski definition) is 5. The zero-order chi connectivity index (χ0) is 12.6. The zero-order valence-electron chi connectivity index (χ0n) is 8.62. The van der Waals surface area contributed by atoms with E-state index in [1.807, 2.05) is 0 Å². The van der Waals surface area contributed by atoms with Crippen LogP contribution in [0.3, 0.4) is 0 Å². The Morgan fingerprint density at radius 1 is 1.07 bits per heavy atom. The molecule has 7 heteroatoms. The Morgan fingerprint density at radius 2 is 1.27 bits per heavy atom. The van der Waals surface area contributed by atoms with Gasteiger partial charge in [-0.25, -0.2) is 9.59 Å². The van der Waals surface area contributed by atoms with E-state index < -0.39 is 24.1 Å². The van der Waals surface area contributed by atoms with Crippen LogP contribution in [0.25, 0.3) is 0 Å². The molecule has 0 aromatic carbocycles. The highest BCUT2D eigenvalue weighted by Gasteiger charge is 2.29. The summed E-state index contributed by atoms with van der Waals surface area (Å²) in [4.78, 5) is 19.5. The van der Waals surface area contributed by atoms with E-state index in [0.29, 0.717) is 5.92 Å². The number of aliphatic hydroxyl groups is 2. The van der Waals surface area contributed by atoms with Crippen LogP contribution in [0.1, 0.15) is 13.8 Å². The molecule has 0 saturated carbocycles. The summed E-state index contributed by atoms with van der Waals surface area (Å²) >= 11 is 0. The number of nitrogens with two attached hydrogens (primary N) is 1. The number of carbonyl (C=O) groups is 2. The molecule has 0 saturated heterocycles. The van der Waals surface area contributed by atoms with Crippen molar-refractivity contribution in [2.75, 3.05) is 6.54 Å². The maximum atomic E-state index is 9.77. The molecule has 0 aliphatic rings. The van der Waals surface area contributed by atoms with Gasteiger partial charge in [-0.2, -0.15) is 0 Å². The molecule has 0 rings (SSSR count). The van der Waals surface area contributed by atoms with Gasteiger partial charge < -0.3 is 26.2 Å². The number of hydrogen-bond donors (Lipinski definition) is 5. The molecule has 7 nitrogen and oxygen atoms in total. The smallest absolute Gasteiger partial charge is 0.335 e. The first-order chi connectivity index (χ1) is 6.73. The summed E-state index contributed by atoms with van der Waals surface area (Å²) in [6.07, 6.45) is -4.53. The Labute approximate surface area is 87.1 Å². The fraction of sp³-hybridized carbons (Fsp3) is 0.750. The molecule has 0 unspecified atom stereocenters. The predicted molar refractivity (Wildman–Crippen MR) is 51.2 cm³/mol. The van der Waals surface area contributed by atoms with Crippen LogP contribution in [0.5, 0.6) is 0 Å². The zero-order valence-corrected chi connectivity index (χ0v) is 8.62. The molecule has 0 aromatic rings. The summed E-state index contributed by atoms with van der Waals surface area (Å²) in [5, 5.41) is 32.5. The summed E-state index contributed by atoms with van der Waals surface area (Å²) < 4.78 is 0. The fourth-order valence-electron chi connectivity index (χ4n) is 0.270. The molecule has 0 heterocycles. The quantitative estimate of drug-likeness (QED) is 0.389. The van der Waals surface area contributed by atoms with Gasteiger partial charge in [0.05, 0.1) is 0 Å². The minimum Gasteiger partial charge on any atom is -0.479 e. The first-order valence-corrected chi connectivity index (χ1v) is 4.25.